The van der Waals surface area contributed by atoms with Crippen molar-refractivity contribution in [1.29, 1.82) is 5.26 Å². The summed E-state index contributed by atoms with van der Waals surface area (Å²) in [5.41, 5.74) is 5.67. The number of nitrogens with two attached hydrogens (primary N) is 1. The van der Waals surface area contributed by atoms with Crippen LogP contribution in [0.5, 0.6) is 0 Å². The van der Waals surface area contributed by atoms with Gasteiger partial charge in [0.2, 0.25) is 5.95 Å². The highest BCUT2D eigenvalue weighted by molar-refractivity contribution is 5.49. The van der Waals surface area contributed by atoms with Crippen LogP contribution in [0.25, 0.3) is 0 Å². The molecule has 0 amide bonds. The third-order valence-electron chi connectivity index (χ3n) is 2.50. The van der Waals surface area contributed by atoms with Gasteiger partial charge in [0.25, 0.3) is 0 Å². The number of anilines is 2. The van der Waals surface area contributed by atoms with E-state index in [-0.39, 0.29) is 17.0 Å². The topological polar surface area (TPSA) is 96.8 Å². The van der Waals surface area contributed by atoms with Crippen LogP contribution in [0.15, 0.2) is 6.20 Å². The molecule has 0 radical (unpaired) electrons. The van der Waals surface area contributed by atoms with Crippen molar-refractivity contribution < 1.29 is 4.74 Å². The molecular formula is C11H17N5O. The number of ether oxygens (including phenoxy) is 1. The maximum Gasteiger partial charge on any atom is 0.224 e. The number of rotatable bonds is 5. The molecule has 0 aliphatic rings. The van der Waals surface area contributed by atoms with E-state index in [1.165, 1.54) is 6.20 Å². The summed E-state index contributed by atoms with van der Waals surface area (Å²) in [5, 5.41) is 11.7. The molecule has 0 aromatic carbocycles. The summed E-state index contributed by atoms with van der Waals surface area (Å²) in [6, 6.07) is 1.91. The smallest absolute Gasteiger partial charge is 0.224 e. The molecule has 1 heterocycles. The first-order chi connectivity index (χ1) is 7.98. The maximum atomic E-state index is 8.68. The Balaban J connectivity index is 2.54. The van der Waals surface area contributed by atoms with Crippen molar-refractivity contribution in [2.45, 2.75) is 25.9 Å². The quantitative estimate of drug-likeness (QED) is 0.794. The van der Waals surface area contributed by atoms with Crippen LogP contribution in [0, 0.1) is 11.3 Å². The van der Waals surface area contributed by atoms with Crippen LogP contribution in [-0.4, -0.2) is 29.2 Å². The fourth-order valence-electron chi connectivity index (χ4n) is 1.14. The molecule has 1 aromatic heterocycles. The zero-order valence-corrected chi connectivity index (χ0v) is 10.3. The summed E-state index contributed by atoms with van der Waals surface area (Å²) in [4.78, 5) is 7.97. The molecule has 17 heavy (non-hydrogen) atoms. The second kappa shape index (κ2) is 5.46. The van der Waals surface area contributed by atoms with Crippen LogP contribution in [0.2, 0.25) is 0 Å². The summed E-state index contributed by atoms with van der Waals surface area (Å²) >= 11 is 0. The van der Waals surface area contributed by atoms with Gasteiger partial charge in [0, 0.05) is 13.7 Å². The lowest BCUT2D eigenvalue weighted by atomic mass is 10.1. The van der Waals surface area contributed by atoms with Crippen LogP contribution in [0.3, 0.4) is 0 Å². The van der Waals surface area contributed by atoms with Crippen molar-refractivity contribution in [3.8, 4) is 6.07 Å². The molecule has 3 N–H and O–H groups in total. The van der Waals surface area contributed by atoms with Crippen molar-refractivity contribution in [3.05, 3.63) is 11.8 Å². The molecule has 6 heteroatoms. The van der Waals surface area contributed by atoms with E-state index < -0.39 is 0 Å². The number of hydrogen-bond donors (Lipinski definition) is 2. The van der Waals surface area contributed by atoms with E-state index in [1.807, 2.05) is 19.9 Å². The van der Waals surface area contributed by atoms with E-state index in [4.69, 9.17) is 15.7 Å². The Morgan fingerprint density at radius 3 is 2.82 bits per heavy atom. The van der Waals surface area contributed by atoms with E-state index in [9.17, 15) is 0 Å². The highest BCUT2D eigenvalue weighted by atomic mass is 16.5. The standard InChI is InChI=1S/C11H17N5O/c1-11(2,17-3)4-5-14-10-15-7-8(6-12)9(13)16-10/h7H,4-5H2,1-3H3,(H3,13,14,15,16). The number of hydrogen-bond acceptors (Lipinski definition) is 6. The summed E-state index contributed by atoms with van der Waals surface area (Å²) < 4.78 is 5.29. The number of nitrogens with zero attached hydrogens (tertiary/aromatic N) is 3. The number of nitrogens with one attached hydrogen (secondary N) is 1. The Labute approximate surface area is 101 Å². The molecule has 0 unspecified atom stereocenters. The summed E-state index contributed by atoms with van der Waals surface area (Å²) in [6.07, 6.45) is 2.22. The summed E-state index contributed by atoms with van der Waals surface area (Å²) in [7, 11) is 1.68. The monoisotopic (exact) mass is 235 g/mol. The van der Waals surface area contributed by atoms with E-state index in [1.54, 1.807) is 7.11 Å². The molecule has 0 aliphatic carbocycles. The van der Waals surface area contributed by atoms with Crippen LogP contribution in [0.4, 0.5) is 11.8 Å². The third-order valence-corrected chi connectivity index (χ3v) is 2.50. The van der Waals surface area contributed by atoms with Crippen molar-refractivity contribution in [1.82, 2.24) is 9.97 Å². The zero-order chi connectivity index (χ0) is 12.9. The minimum absolute atomic E-state index is 0.189. The number of aromatic nitrogens is 2. The molecule has 0 fully saturated rings. The van der Waals surface area contributed by atoms with Gasteiger partial charge in [-0.3, -0.25) is 0 Å². The zero-order valence-electron chi connectivity index (χ0n) is 10.3. The highest BCUT2D eigenvalue weighted by Gasteiger charge is 2.15. The normalized spacial score (nSPS) is 10.9. The largest absolute Gasteiger partial charge is 0.382 e. The van der Waals surface area contributed by atoms with Crippen LogP contribution >= 0.6 is 0 Å². The number of nitrogen functional groups attached to an aromatic ring is 1. The minimum atomic E-state index is -0.189. The van der Waals surface area contributed by atoms with Crippen molar-refractivity contribution in [3.63, 3.8) is 0 Å². The lowest BCUT2D eigenvalue weighted by molar-refractivity contribution is 0.0184. The Bertz CT molecular complexity index is 424. The molecule has 92 valence electrons. The predicted molar refractivity (Wildman–Crippen MR) is 65.4 cm³/mol. The molecule has 0 saturated heterocycles. The Morgan fingerprint density at radius 1 is 1.59 bits per heavy atom. The molecule has 6 nitrogen and oxygen atoms in total. The van der Waals surface area contributed by atoms with Gasteiger partial charge in [-0.1, -0.05) is 0 Å². The van der Waals surface area contributed by atoms with Gasteiger partial charge >= 0.3 is 0 Å². The Hall–Kier alpha value is -1.87. The molecule has 0 atom stereocenters. The van der Waals surface area contributed by atoms with Gasteiger partial charge in [-0.2, -0.15) is 10.2 Å². The average Bonchev–Trinajstić information content (AvgIpc) is 2.29. The van der Waals surface area contributed by atoms with Gasteiger partial charge in [-0.15, -0.1) is 0 Å². The van der Waals surface area contributed by atoms with Gasteiger partial charge in [-0.25, -0.2) is 4.98 Å². The van der Waals surface area contributed by atoms with Crippen LogP contribution in [-0.2, 0) is 4.74 Å². The van der Waals surface area contributed by atoms with Crippen LogP contribution < -0.4 is 11.1 Å². The summed E-state index contributed by atoms with van der Waals surface area (Å²) in [5.74, 6) is 0.615. The van der Waals surface area contributed by atoms with Crippen molar-refractivity contribution in [2.24, 2.45) is 0 Å². The van der Waals surface area contributed by atoms with Crippen molar-refractivity contribution >= 4 is 11.8 Å². The van der Waals surface area contributed by atoms with E-state index in [0.29, 0.717) is 12.5 Å². The van der Waals surface area contributed by atoms with Gasteiger partial charge in [0.1, 0.15) is 17.5 Å². The fraction of sp³-hybridized carbons (Fsp3) is 0.545. The molecule has 0 spiro atoms. The Morgan fingerprint density at radius 2 is 2.29 bits per heavy atom. The lowest BCUT2D eigenvalue weighted by Gasteiger charge is -2.22. The molecular weight excluding hydrogens is 218 g/mol. The first kappa shape index (κ1) is 13.2. The summed E-state index contributed by atoms with van der Waals surface area (Å²) in [6.45, 7) is 4.68. The molecule has 1 rings (SSSR count). The third kappa shape index (κ3) is 3.89. The number of nitriles is 1. The van der Waals surface area contributed by atoms with E-state index >= 15 is 0 Å². The molecule has 0 aliphatic heterocycles. The minimum Gasteiger partial charge on any atom is -0.382 e. The maximum absolute atomic E-state index is 8.68. The predicted octanol–water partition coefficient (Wildman–Crippen LogP) is 1.16. The highest BCUT2D eigenvalue weighted by Crippen LogP contribution is 2.13. The van der Waals surface area contributed by atoms with E-state index in [0.717, 1.165) is 6.42 Å². The fourth-order valence-corrected chi connectivity index (χ4v) is 1.14. The van der Waals surface area contributed by atoms with Crippen LogP contribution in [0.1, 0.15) is 25.8 Å². The van der Waals surface area contributed by atoms with Gasteiger partial charge in [0.05, 0.1) is 11.8 Å². The van der Waals surface area contributed by atoms with E-state index in [2.05, 4.69) is 15.3 Å². The molecule has 0 saturated carbocycles. The SMILES string of the molecule is COC(C)(C)CCNc1ncc(C#N)c(N)n1. The van der Waals surface area contributed by atoms with Crippen molar-refractivity contribution in [2.75, 3.05) is 24.7 Å². The number of methoxy groups -OCH3 is 1. The second-order valence-electron chi connectivity index (χ2n) is 4.24. The average molecular weight is 235 g/mol. The molecule has 1 aromatic rings. The Kier molecular flexibility index (Phi) is 4.24. The van der Waals surface area contributed by atoms with Gasteiger partial charge in [-0.05, 0) is 20.3 Å². The van der Waals surface area contributed by atoms with Gasteiger partial charge < -0.3 is 15.8 Å². The lowest BCUT2D eigenvalue weighted by Crippen LogP contribution is -2.26. The first-order valence-electron chi connectivity index (χ1n) is 5.30. The molecule has 0 bridgehead atoms. The first-order valence-corrected chi connectivity index (χ1v) is 5.30. The van der Waals surface area contributed by atoms with Gasteiger partial charge in [0.15, 0.2) is 0 Å². The second-order valence-corrected chi connectivity index (χ2v) is 4.24.